The summed E-state index contributed by atoms with van der Waals surface area (Å²) in [6.07, 6.45) is 2.21. The van der Waals surface area contributed by atoms with Gasteiger partial charge in [-0.1, -0.05) is 5.16 Å². The van der Waals surface area contributed by atoms with Crippen LogP contribution in [-0.2, 0) is 11.3 Å². The number of rotatable bonds is 2. The molecular weight excluding hydrogens is 182 g/mol. The van der Waals surface area contributed by atoms with E-state index >= 15 is 0 Å². The molecule has 0 aromatic carbocycles. The van der Waals surface area contributed by atoms with Crippen molar-refractivity contribution in [2.75, 3.05) is 6.61 Å². The van der Waals surface area contributed by atoms with E-state index in [0.29, 0.717) is 18.4 Å². The number of nitrogens with two attached hydrogens (primary N) is 1. The molecule has 1 aliphatic heterocycles. The van der Waals surface area contributed by atoms with Crippen LogP contribution < -0.4 is 5.73 Å². The van der Waals surface area contributed by atoms with E-state index < -0.39 is 0 Å². The van der Waals surface area contributed by atoms with Crippen molar-refractivity contribution in [2.45, 2.75) is 38.3 Å². The third kappa shape index (κ3) is 1.93. The summed E-state index contributed by atoms with van der Waals surface area (Å²) >= 11 is 0. The molecule has 0 aliphatic carbocycles. The fourth-order valence-electron chi connectivity index (χ4n) is 1.75. The van der Waals surface area contributed by atoms with E-state index in [-0.39, 0.29) is 6.10 Å². The average molecular weight is 197 g/mol. The Hall–Kier alpha value is -0.940. The van der Waals surface area contributed by atoms with Crippen LogP contribution >= 0.6 is 0 Å². The fraction of sp³-hybridized carbons (Fsp3) is 0.778. The number of ether oxygens (including phenoxy) is 1. The van der Waals surface area contributed by atoms with Crippen molar-refractivity contribution in [2.24, 2.45) is 5.73 Å². The van der Waals surface area contributed by atoms with Crippen molar-refractivity contribution in [1.82, 2.24) is 10.1 Å². The molecule has 1 fully saturated rings. The second kappa shape index (κ2) is 4.06. The first-order chi connectivity index (χ1) is 6.79. The van der Waals surface area contributed by atoms with Gasteiger partial charge in [0.2, 0.25) is 5.89 Å². The van der Waals surface area contributed by atoms with Gasteiger partial charge in [-0.25, -0.2) is 0 Å². The van der Waals surface area contributed by atoms with Crippen LogP contribution in [0.3, 0.4) is 0 Å². The Bertz CT molecular complexity index is 300. The van der Waals surface area contributed by atoms with Crippen molar-refractivity contribution in [3.63, 3.8) is 0 Å². The Morgan fingerprint density at radius 3 is 3.07 bits per heavy atom. The summed E-state index contributed by atoms with van der Waals surface area (Å²) in [7, 11) is 0. The predicted molar refractivity (Wildman–Crippen MR) is 49.6 cm³/mol. The Labute approximate surface area is 82.6 Å². The van der Waals surface area contributed by atoms with Gasteiger partial charge in [-0.15, -0.1) is 0 Å². The Kier molecular flexibility index (Phi) is 2.79. The smallest absolute Gasteiger partial charge is 0.240 e. The molecule has 78 valence electrons. The van der Waals surface area contributed by atoms with Gasteiger partial charge in [0.15, 0.2) is 5.82 Å². The van der Waals surface area contributed by atoms with E-state index in [4.69, 9.17) is 15.0 Å². The van der Waals surface area contributed by atoms with Gasteiger partial charge in [-0.2, -0.15) is 4.98 Å². The van der Waals surface area contributed by atoms with E-state index in [9.17, 15) is 0 Å². The molecule has 0 amide bonds. The summed E-state index contributed by atoms with van der Waals surface area (Å²) in [6.45, 7) is 3.15. The summed E-state index contributed by atoms with van der Waals surface area (Å²) in [5.74, 6) is 1.66. The van der Waals surface area contributed by atoms with Gasteiger partial charge in [0, 0.05) is 12.5 Å². The van der Waals surface area contributed by atoms with Crippen LogP contribution in [0.4, 0.5) is 0 Å². The highest BCUT2D eigenvalue weighted by atomic mass is 16.5. The molecule has 2 heterocycles. The maximum atomic E-state index is 5.45. The Morgan fingerprint density at radius 2 is 2.43 bits per heavy atom. The van der Waals surface area contributed by atoms with Gasteiger partial charge in [0.25, 0.3) is 0 Å². The quantitative estimate of drug-likeness (QED) is 0.759. The molecule has 1 aliphatic rings. The largest absolute Gasteiger partial charge is 0.378 e. The molecule has 5 heteroatoms. The molecular formula is C9H15N3O2. The summed E-state index contributed by atoms with van der Waals surface area (Å²) in [4.78, 5) is 4.23. The second-order valence-electron chi connectivity index (χ2n) is 3.65. The van der Waals surface area contributed by atoms with Gasteiger partial charge in [0.1, 0.15) is 0 Å². The number of hydrogen-bond acceptors (Lipinski definition) is 5. The van der Waals surface area contributed by atoms with Crippen LogP contribution in [0, 0.1) is 0 Å². The maximum Gasteiger partial charge on any atom is 0.240 e. The van der Waals surface area contributed by atoms with Gasteiger partial charge in [-0.3, -0.25) is 0 Å². The zero-order chi connectivity index (χ0) is 9.97. The van der Waals surface area contributed by atoms with E-state index in [0.717, 1.165) is 25.3 Å². The number of aromatic nitrogens is 2. The lowest BCUT2D eigenvalue weighted by Crippen LogP contribution is -2.22. The summed E-state index contributed by atoms with van der Waals surface area (Å²) in [5, 5.41) is 3.92. The summed E-state index contributed by atoms with van der Waals surface area (Å²) < 4.78 is 10.4. The Balaban J connectivity index is 2.06. The van der Waals surface area contributed by atoms with Crippen LogP contribution in [-0.4, -0.2) is 22.9 Å². The molecule has 5 nitrogen and oxygen atoms in total. The molecule has 1 saturated heterocycles. The van der Waals surface area contributed by atoms with Crippen LogP contribution in [0.1, 0.15) is 37.4 Å². The van der Waals surface area contributed by atoms with Gasteiger partial charge in [0.05, 0.1) is 12.6 Å². The molecule has 2 rings (SSSR count). The van der Waals surface area contributed by atoms with Crippen LogP contribution in [0.2, 0.25) is 0 Å². The van der Waals surface area contributed by atoms with Gasteiger partial charge < -0.3 is 15.0 Å². The monoisotopic (exact) mass is 197 g/mol. The number of hydrogen-bond donors (Lipinski definition) is 1. The van der Waals surface area contributed by atoms with E-state index in [1.54, 1.807) is 0 Å². The molecule has 14 heavy (non-hydrogen) atoms. The van der Waals surface area contributed by atoms with E-state index in [1.165, 1.54) is 0 Å². The first-order valence-corrected chi connectivity index (χ1v) is 4.93. The fourth-order valence-corrected chi connectivity index (χ4v) is 1.75. The molecule has 0 spiro atoms. The third-order valence-corrected chi connectivity index (χ3v) is 2.51. The van der Waals surface area contributed by atoms with E-state index in [2.05, 4.69) is 17.1 Å². The second-order valence-corrected chi connectivity index (χ2v) is 3.65. The molecule has 0 saturated carbocycles. The van der Waals surface area contributed by atoms with Crippen molar-refractivity contribution in [3.05, 3.63) is 11.7 Å². The zero-order valence-electron chi connectivity index (χ0n) is 8.27. The van der Waals surface area contributed by atoms with Crippen molar-refractivity contribution in [3.8, 4) is 0 Å². The standard InChI is InChI=1S/C9H15N3O2/c1-6-4-7(2-3-13-6)9-11-8(5-10)14-12-9/h6-7H,2-5,10H2,1H3. The Morgan fingerprint density at radius 1 is 1.57 bits per heavy atom. The molecule has 0 radical (unpaired) electrons. The minimum absolute atomic E-state index is 0.286. The SMILES string of the molecule is CC1CC(c2noc(CN)n2)CCO1. The van der Waals surface area contributed by atoms with Crippen LogP contribution in [0.5, 0.6) is 0 Å². The molecule has 1 aromatic heterocycles. The van der Waals surface area contributed by atoms with Crippen molar-refractivity contribution < 1.29 is 9.26 Å². The highest BCUT2D eigenvalue weighted by Crippen LogP contribution is 2.27. The molecule has 2 unspecified atom stereocenters. The average Bonchev–Trinajstić information content (AvgIpc) is 2.66. The highest BCUT2D eigenvalue weighted by molar-refractivity contribution is 4.97. The molecule has 0 bridgehead atoms. The maximum absolute atomic E-state index is 5.45. The highest BCUT2D eigenvalue weighted by Gasteiger charge is 2.24. The topological polar surface area (TPSA) is 74.2 Å². The van der Waals surface area contributed by atoms with Gasteiger partial charge in [-0.05, 0) is 19.8 Å². The van der Waals surface area contributed by atoms with Gasteiger partial charge >= 0.3 is 0 Å². The molecule has 2 atom stereocenters. The predicted octanol–water partition coefficient (Wildman–Crippen LogP) is 0.811. The normalized spacial score (nSPS) is 27.9. The van der Waals surface area contributed by atoms with Crippen molar-refractivity contribution in [1.29, 1.82) is 0 Å². The van der Waals surface area contributed by atoms with Crippen LogP contribution in [0.15, 0.2) is 4.52 Å². The zero-order valence-corrected chi connectivity index (χ0v) is 8.27. The van der Waals surface area contributed by atoms with Crippen molar-refractivity contribution >= 4 is 0 Å². The molecule has 1 aromatic rings. The minimum atomic E-state index is 0.286. The minimum Gasteiger partial charge on any atom is -0.378 e. The molecule has 2 N–H and O–H groups in total. The van der Waals surface area contributed by atoms with Crippen LogP contribution in [0.25, 0.3) is 0 Å². The summed E-state index contributed by atoms with van der Waals surface area (Å²) in [5.41, 5.74) is 5.40. The first-order valence-electron chi connectivity index (χ1n) is 4.93. The van der Waals surface area contributed by atoms with E-state index in [1.807, 2.05) is 0 Å². The third-order valence-electron chi connectivity index (χ3n) is 2.51. The summed E-state index contributed by atoms with van der Waals surface area (Å²) in [6, 6.07) is 0. The lowest BCUT2D eigenvalue weighted by atomic mass is 9.96. The lowest BCUT2D eigenvalue weighted by Gasteiger charge is -2.24. The lowest BCUT2D eigenvalue weighted by molar-refractivity contribution is 0.0169. The first kappa shape index (κ1) is 9.61. The number of nitrogens with zero attached hydrogens (tertiary/aromatic N) is 2.